The number of ether oxygens (including phenoxy) is 2. The zero-order valence-electron chi connectivity index (χ0n) is 13.0. The second-order valence-electron chi connectivity index (χ2n) is 6.84. The molecule has 1 saturated carbocycles. The van der Waals surface area contributed by atoms with E-state index in [0.29, 0.717) is 5.57 Å². The topological polar surface area (TPSA) is 93.1 Å². The van der Waals surface area contributed by atoms with Gasteiger partial charge in [-0.3, -0.25) is 9.59 Å². The van der Waals surface area contributed by atoms with E-state index in [4.69, 9.17) is 9.47 Å². The van der Waals surface area contributed by atoms with Gasteiger partial charge in [-0.15, -0.1) is 0 Å². The molecule has 7 atom stereocenters. The summed E-state index contributed by atoms with van der Waals surface area (Å²) in [6.45, 7) is 3.27. The number of hydrogen-bond donors (Lipinski definition) is 2. The van der Waals surface area contributed by atoms with Crippen LogP contribution in [0.25, 0.3) is 0 Å². The first-order valence-corrected chi connectivity index (χ1v) is 7.63. The first kappa shape index (κ1) is 15.6. The molecule has 1 heterocycles. The zero-order chi connectivity index (χ0) is 16.2. The van der Waals surface area contributed by atoms with Crippen molar-refractivity contribution < 1.29 is 29.3 Å². The fourth-order valence-corrected chi connectivity index (χ4v) is 4.51. The highest BCUT2D eigenvalue weighted by atomic mass is 16.6. The van der Waals surface area contributed by atoms with Crippen LogP contribution >= 0.6 is 0 Å². The van der Waals surface area contributed by atoms with Crippen LogP contribution in [0, 0.1) is 23.7 Å². The summed E-state index contributed by atoms with van der Waals surface area (Å²) in [5.74, 6) is -2.30. The number of carbonyl (C=O) groups excluding carboxylic acids is 2. The van der Waals surface area contributed by atoms with Crippen molar-refractivity contribution >= 4 is 11.8 Å². The lowest BCUT2D eigenvalue weighted by molar-refractivity contribution is -0.150. The lowest BCUT2D eigenvalue weighted by atomic mass is 9.75. The number of rotatable bonds is 2. The smallest absolute Gasteiger partial charge is 0.309 e. The van der Waals surface area contributed by atoms with E-state index in [1.165, 1.54) is 13.2 Å². The van der Waals surface area contributed by atoms with Gasteiger partial charge in [-0.1, -0.05) is 6.92 Å². The van der Waals surface area contributed by atoms with Crippen molar-refractivity contribution in [3.05, 3.63) is 11.6 Å². The first-order valence-electron chi connectivity index (χ1n) is 7.63. The van der Waals surface area contributed by atoms with Gasteiger partial charge in [0.1, 0.15) is 6.10 Å². The second kappa shape index (κ2) is 5.15. The molecule has 0 unspecified atom stereocenters. The van der Waals surface area contributed by atoms with E-state index in [1.807, 2.05) is 0 Å². The Morgan fingerprint density at radius 1 is 1.45 bits per heavy atom. The Labute approximate surface area is 129 Å². The van der Waals surface area contributed by atoms with Gasteiger partial charge in [-0.2, -0.15) is 0 Å². The van der Waals surface area contributed by atoms with Crippen LogP contribution in [0.1, 0.15) is 20.3 Å². The largest absolute Gasteiger partial charge is 0.461 e. The molecule has 0 bridgehead atoms. The number of esters is 1. The minimum Gasteiger partial charge on any atom is -0.461 e. The third-order valence-corrected chi connectivity index (χ3v) is 5.72. The molecule has 6 nitrogen and oxygen atoms in total. The van der Waals surface area contributed by atoms with Gasteiger partial charge >= 0.3 is 5.97 Å². The van der Waals surface area contributed by atoms with E-state index < -0.39 is 41.5 Å². The van der Waals surface area contributed by atoms with Crippen molar-refractivity contribution in [2.75, 3.05) is 13.7 Å². The van der Waals surface area contributed by atoms with Gasteiger partial charge in [-0.05, 0) is 18.6 Å². The van der Waals surface area contributed by atoms with E-state index in [2.05, 4.69) is 0 Å². The number of aliphatic hydroxyl groups is 2. The van der Waals surface area contributed by atoms with Gasteiger partial charge in [0.25, 0.3) is 0 Å². The van der Waals surface area contributed by atoms with Gasteiger partial charge in [-0.25, -0.2) is 0 Å². The first-order chi connectivity index (χ1) is 10.3. The molecule has 3 rings (SSSR count). The summed E-state index contributed by atoms with van der Waals surface area (Å²) in [6.07, 6.45) is 0.308. The van der Waals surface area contributed by atoms with Crippen LogP contribution in [0.3, 0.4) is 0 Å². The highest BCUT2D eigenvalue weighted by molar-refractivity contribution is 5.97. The predicted octanol–water partition coefficient (Wildman–Crippen LogP) is 0.0676. The minimum atomic E-state index is -0.856. The molecule has 2 fully saturated rings. The van der Waals surface area contributed by atoms with Crippen molar-refractivity contribution in [2.24, 2.45) is 23.7 Å². The SMILES string of the molecule is CO[C@@]1(C)C[C@H](O)[C@@H]2[C@H](OC(=O)[C@H]2C)[C@H]2C(CO)=CC(=O)[C@H]21. The van der Waals surface area contributed by atoms with Gasteiger partial charge < -0.3 is 19.7 Å². The number of methoxy groups -OCH3 is 1. The maximum absolute atomic E-state index is 12.5. The van der Waals surface area contributed by atoms with Crippen LogP contribution in [0.5, 0.6) is 0 Å². The number of aliphatic hydroxyl groups excluding tert-OH is 2. The zero-order valence-corrected chi connectivity index (χ0v) is 13.0. The monoisotopic (exact) mass is 310 g/mol. The predicted molar refractivity (Wildman–Crippen MR) is 75.7 cm³/mol. The molecule has 22 heavy (non-hydrogen) atoms. The molecule has 3 aliphatic rings. The van der Waals surface area contributed by atoms with Crippen LogP contribution in [-0.4, -0.2) is 53.5 Å². The molecular formula is C16H22O6. The van der Waals surface area contributed by atoms with Crippen LogP contribution in [-0.2, 0) is 19.1 Å². The Kier molecular flexibility index (Phi) is 3.66. The van der Waals surface area contributed by atoms with Crippen LogP contribution in [0.2, 0.25) is 0 Å². The molecular weight excluding hydrogens is 288 g/mol. The molecule has 0 aromatic heterocycles. The summed E-state index contributed by atoms with van der Waals surface area (Å²) < 4.78 is 11.1. The summed E-state index contributed by atoms with van der Waals surface area (Å²) in [6, 6.07) is 0. The standard InChI is InChI=1S/C16H22O6/c1-7-11-10(19)5-16(2,21-3)13-9(18)4-8(6-17)12(13)14(11)22-15(7)20/h4,7,10-14,17,19H,5-6H2,1-3H3/t7-,10-,11+,12-,13+,14-,16-/m0/s1. The van der Waals surface area contributed by atoms with E-state index >= 15 is 0 Å². The van der Waals surface area contributed by atoms with Gasteiger partial charge in [0.05, 0.1) is 30.1 Å². The van der Waals surface area contributed by atoms with Gasteiger partial charge in [0.2, 0.25) is 0 Å². The maximum Gasteiger partial charge on any atom is 0.309 e. The van der Waals surface area contributed by atoms with Crippen LogP contribution in [0.15, 0.2) is 11.6 Å². The average Bonchev–Trinajstić information content (AvgIpc) is 2.93. The van der Waals surface area contributed by atoms with E-state index in [0.717, 1.165) is 0 Å². The molecule has 1 aliphatic heterocycles. The molecule has 0 aromatic carbocycles. The second-order valence-corrected chi connectivity index (χ2v) is 6.84. The van der Waals surface area contributed by atoms with Crippen LogP contribution < -0.4 is 0 Å². The summed E-state index contributed by atoms with van der Waals surface area (Å²) in [4.78, 5) is 24.4. The van der Waals surface area contributed by atoms with Gasteiger partial charge in [0, 0.05) is 25.4 Å². The molecule has 0 radical (unpaired) electrons. The number of allylic oxidation sites excluding steroid dienone is 1. The summed E-state index contributed by atoms with van der Waals surface area (Å²) in [5, 5.41) is 20.2. The molecule has 2 aliphatic carbocycles. The highest BCUT2D eigenvalue weighted by Crippen LogP contribution is 2.52. The minimum absolute atomic E-state index is 0.137. The van der Waals surface area contributed by atoms with Crippen molar-refractivity contribution in [3.8, 4) is 0 Å². The van der Waals surface area contributed by atoms with Crippen molar-refractivity contribution in [2.45, 2.75) is 38.1 Å². The van der Waals surface area contributed by atoms with Gasteiger partial charge in [0.15, 0.2) is 5.78 Å². The van der Waals surface area contributed by atoms with Crippen LogP contribution in [0.4, 0.5) is 0 Å². The quantitative estimate of drug-likeness (QED) is 0.701. The van der Waals surface area contributed by atoms with Crippen molar-refractivity contribution in [1.82, 2.24) is 0 Å². The van der Waals surface area contributed by atoms with E-state index in [1.54, 1.807) is 13.8 Å². The lowest BCUT2D eigenvalue weighted by Crippen LogP contribution is -2.45. The summed E-state index contributed by atoms with van der Waals surface area (Å²) in [5.41, 5.74) is -0.297. The fraction of sp³-hybridized carbons (Fsp3) is 0.750. The third-order valence-electron chi connectivity index (χ3n) is 5.72. The molecule has 0 spiro atoms. The third kappa shape index (κ3) is 1.97. The van der Waals surface area contributed by atoms with E-state index in [-0.39, 0.29) is 24.8 Å². The highest BCUT2D eigenvalue weighted by Gasteiger charge is 2.61. The fourth-order valence-electron chi connectivity index (χ4n) is 4.51. The Hall–Kier alpha value is -1.24. The lowest BCUT2D eigenvalue weighted by Gasteiger charge is -2.36. The molecule has 0 amide bonds. The molecule has 2 N–H and O–H groups in total. The number of carbonyl (C=O) groups is 2. The Morgan fingerprint density at radius 2 is 2.14 bits per heavy atom. The average molecular weight is 310 g/mol. The molecule has 122 valence electrons. The Morgan fingerprint density at radius 3 is 2.73 bits per heavy atom. The molecule has 6 heteroatoms. The Bertz CT molecular complexity index is 541. The van der Waals surface area contributed by atoms with E-state index in [9.17, 15) is 19.8 Å². The summed E-state index contributed by atoms with van der Waals surface area (Å²) >= 11 is 0. The maximum atomic E-state index is 12.5. The normalized spacial score (nSPS) is 47.6. The number of fused-ring (bicyclic) bond motifs is 3. The summed E-state index contributed by atoms with van der Waals surface area (Å²) in [7, 11) is 1.52. The van der Waals surface area contributed by atoms with Crippen molar-refractivity contribution in [1.29, 1.82) is 0 Å². The molecule has 0 aromatic rings. The van der Waals surface area contributed by atoms with Crippen molar-refractivity contribution in [3.63, 3.8) is 0 Å². The Balaban J connectivity index is 2.11. The number of ketones is 1. The molecule has 1 saturated heterocycles. The number of hydrogen-bond acceptors (Lipinski definition) is 6.